The van der Waals surface area contributed by atoms with Crippen LogP contribution in [-0.4, -0.2) is 19.0 Å². The second-order valence-corrected chi connectivity index (χ2v) is 3.64. The van der Waals surface area contributed by atoms with E-state index in [1.807, 2.05) is 6.92 Å². The minimum absolute atomic E-state index is 0.0942. The minimum atomic E-state index is -0.342. The van der Waals surface area contributed by atoms with Crippen LogP contribution in [0.15, 0.2) is 18.2 Å². The Kier molecular flexibility index (Phi) is 3.97. The summed E-state index contributed by atoms with van der Waals surface area (Å²) < 4.78 is 18.2. The number of carbonyl (C=O) groups is 1. The zero-order valence-electron chi connectivity index (χ0n) is 9.21. The van der Waals surface area contributed by atoms with Crippen molar-refractivity contribution >= 4 is 5.78 Å². The van der Waals surface area contributed by atoms with E-state index >= 15 is 0 Å². The fourth-order valence-corrected chi connectivity index (χ4v) is 1.23. The molecule has 0 aliphatic carbocycles. The quantitative estimate of drug-likeness (QED) is 0.714. The summed E-state index contributed by atoms with van der Waals surface area (Å²) in [5, 5.41) is 0. The van der Waals surface area contributed by atoms with Gasteiger partial charge in [-0.15, -0.1) is 0 Å². The van der Waals surface area contributed by atoms with E-state index in [1.165, 1.54) is 6.07 Å². The van der Waals surface area contributed by atoms with E-state index in [2.05, 4.69) is 0 Å². The van der Waals surface area contributed by atoms with Gasteiger partial charge in [-0.25, -0.2) is 4.39 Å². The highest BCUT2D eigenvalue weighted by molar-refractivity contribution is 5.96. The summed E-state index contributed by atoms with van der Waals surface area (Å²) in [4.78, 5) is 11.6. The van der Waals surface area contributed by atoms with Crippen molar-refractivity contribution in [1.29, 1.82) is 0 Å². The highest BCUT2D eigenvalue weighted by atomic mass is 19.1. The molecule has 0 N–H and O–H groups in total. The van der Waals surface area contributed by atoms with Crippen molar-refractivity contribution in [3.8, 4) is 0 Å². The maximum atomic E-state index is 13.2. The summed E-state index contributed by atoms with van der Waals surface area (Å²) in [6.07, 6.45) is 0.140. The molecule has 1 aromatic rings. The van der Waals surface area contributed by atoms with Gasteiger partial charge in [-0.2, -0.15) is 0 Å². The molecular formula is C12H15FO2. The Bertz CT molecular complexity index is 361. The molecule has 2 nitrogen and oxygen atoms in total. The molecule has 82 valence electrons. The van der Waals surface area contributed by atoms with Gasteiger partial charge in [-0.1, -0.05) is 12.1 Å². The average molecular weight is 210 g/mol. The number of hydrogen-bond donors (Lipinski definition) is 0. The van der Waals surface area contributed by atoms with Crippen molar-refractivity contribution in [3.63, 3.8) is 0 Å². The van der Waals surface area contributed by atoms with E-state index in [-0.39, 0.29) is 24.1 Å². The zero-order valence-corrected chi connectivity index (χ0v) is 9.21. The molecule has 1 atom stereocenters. The smallest absolute Gasteiger partial charge is 0.165 e. The van der Waals surface area contributed by atoms with Crippen LogP contribution in [0.3, 0.4) is 0 Å². The van der Waals surface area contributed by atoms with Gasteiger partial charge in [0.2, 0.25) is 0 Å². The minimum Gasteiger partial charge on any atom is -0.381 e. The van der Waals surface area contributed by atoms with Gasteiger partial charge in [-0.05, 0) is 25.5 Å². The van der Waals surface area contributed by atoms with Crippen LogP contribution in [-0.2, 0) is 4.74 Å². The second-order valence-electron chi connectivity index (χ2n) is 3.64. The molecule has 1 aromatic carbocycles. The Balaban J connectivity index is 2.78. The highest BCUT2D eigenvalue weighted by Crippen LogP contribution is 2.12. The van der Waals surface area contributed by atoms with Crippen LogP contribution in [0.25, 0.3) is 0 Å². The summed E-state index contributed by atoms with van der Waals surface area (Å²) in [5.41, 5.74) is 0.952. The Labute approximate surface area is 89.1 Å². The molecule has 0 aliphatic heterocycles. The number of ketones is 1. The maximum Gasteiger partial charge on any atom is 0.165 e. The lowest BCUT2D eigenvalue weighted by atomic mass is 10.0. The molecule has 0 spiro atoms. The van der Waals surface area contributed by atoms with Gasteiger partial charge in [0, 0.05) is 19.1 Å². The van der Waals surface area contributed by atoms with Crippen molar-refractivity contribution in [1.82, 2.24) is 0 Å². The molecule has 0 fully saturated rings. The maximum absolute atomic E-state index is 13.2. The van der Waals surface area contributed by atoms with Crippen molar-refractivity contribution in [2.75, 3.05) is 7.11 Å². The number of methoxy groups -OCH3 is 1. The van der Waals surface area contributed by atoms with Gasteiger partial charge in [0.05, 0.1) is 6.10 Å². The fraction of sp³-hybridized carbons (Fsp3) is 0.417. The lowest BCUT2D eigenvalue weighted by Gasteiger charge is -2.08. The summed E-state index contributed by atoms with van der Waals surface area (Å²) in [6.45, 7) is 3.48. The van der Waals surface area contributed by atoms with E-state index in [9.17, 15) is 9.18 Å². The average Bonchev–Trinajstić information content (AvgIpc) is 2.21. The number of hydrogen-bond acceptors (Lipinski definition) is 2. The normalized spacial score (nSPS) is 12.5. The van der Waals surface area contributed by atoms with Crippen molar-refractivity contribution < 1.29 is 13.9 Å². The molecular weight excluding hydrogens is 195 g/mol. The van der Waals surface area contributed by atoms with Gasteiger partial charge in [0.1, 0.15) is 5.82 Å². The topological polar surface area (TPSA) is 26.3 Å². The molecule has 0 amide bonds. The number of Topliss-reactive ketones (excluding diaryl/α,β-unsaturated/α-hetero) is 1. The predicted octanol–water partition coefficient (Wildman–Crippen LogP) is 2.74. The number of halogens is 1. The zero-order chi connectivity index (χ0) is 11.4. The van der Waals surface area contributed by atoms with E-state index in [0.29, 0.717) is 11.1 Å². The summed E-state index contributed by atoms with van der Waals surface area (Å²) in [6, 6.07) is 4.53. The Morgan fingerprint density at radius 1 is 1.53 bits per heavy atom. The second kappa shape index (κ2) is 5.03. The predicted molar refractivity (Wildman–Crippen MR) is 56.6 cm³/mol. The van der Waals surface area contributed by atoms with E-state index in [0.717, 1.165) is 0 Å². The molecule has 1 unspecified atom stereocenters. The largest absolute Gasteiger partial charge is 0.381 e. The number of benzene rings is 1. The molecule has 3 heteroatoms. The van der Waals surface area contributed by atoms with Gasteiger partial charge >= 0.3 is 0 Å². The molecule has 0 saturated carbocycles. The molecule has 0 bridgehead atoms. The molecule has 0 heterocycles. The number of ether oxygens (including phenoxy) is 1. The lowest BCUT2D eigenvalue weighted by Crippen LogP contribution is -2.12. The number of rotatable bonds is 4. The third-order valence-corrected chi connectivity index (χ3v) is 2.37. The first-order chi connectivity index (χ1) is 7.04. The van der Waals surface area contributed by atoms with Gasteiger partial charge in [-0.3, -0.25) is 4.79 Å². The van der Waals surface area contributed by atoms with E-state index in [1.54, 1.807) is 26.2 Å². The third-order valence-electron chi connectivity index (χ3n) is 2.37. The van der Waals surface area contributed by atoms with Crippen LogP contribution in [0.5, 0.6) is 0 Å². The molecule has 0 aromatic heterocycles. The lowest BCUT2D eigenvalue weighted by molar-refractivity contribution is 0.0791. The Hall–Kier alpha value is -1.22. The van der Waals surface area contributed by atoms with Crippen LogP contribution >= 0.6 is 0 Å². The Morgan fingerprint density at radius 2 is 2.20 bits per heavy atom. The van der Waals surface area contributed by atoms with Crippen LogP contribution in [0.4, 0.5) is 4.39 Å². The monoisotopic (exact) mass is 210 g/mol. The van der Waals surface area contributed by atoms with Gasteiger partial charge < -0.3 is 4.74 Å². The van der Waals surface area contributed by atoms with Crippen LogP contribution < -0.4 is 0 Å². The summed E-state index contributed by atoms with van der Waals surface area (Å²) in [7, 11) is 1.55. The molecule has 0 aliphatic rings. The van der Waals surface area contributed by atoms with Crippen molar-refractivity contribution in [2.45, 2.75) is 26.4 Å². The van der Waals surface area contributed by atoms with E-state index in [4.69, 9.17) is 4.74 Å². The first kappa shape index (κ1) is 11.9. The highest BCUT2D eigenvalue weighted by Gasteiger charge is 2.11. The third kappa shape index (κ3) is 3.13. The van der Waals surface area contributed by atoms with Crippen LogP contribution in [0.1, 0.15) is 29.3 Å². The first-order valence-electron chi connectivity index (χ1n) is 4.86. The standard InChI is InChI=1S/C12H15FO2/c1-8-4-5-10(7-11(8)13)12(14)6-9(2)15-3/h4-5,7,9H,6H2,1-3H3. The van der Waals surface area contributed by atoms with E-state index < -0.39 is 0 Å². The Morgan fingerprint density at radius 3 is 2.73 bits per heavy atom. The van der Waals surface area contributed by atoms with Gasteiger partial charge in [0.15, 0.2) is 5.78 Å². The molecule has 0 radical (unpaired) electrons. The van der Waals surface area contributed by atoms with Crippen LogP contribution in [0, 0.1) is 12.7 Å². The first-order valence-corrected chi connectivity index (χ1v) is 4.86. The molecule has 1 rings (SSSR count). The number of carbonyl (C=O) groups excluding carboxylic acids is 1. The molecule has 0 saturated heterocycles. The van der Waals surface area contributed by atoms with Crippen molar-refractivity contribution in [3.05, 3.63) is 35.1 Å². The van der Waals surface area contributed by atoms with Crippen LogP contribution in [0.2, 0.25) is 0 Å². The summed E-state index contributed by atoms with van der Waals surface area (Å²) >= 11 is 0. The SMILES string of the molecule is COC(C)CC(=O)c1ccc(C)c(F)c1. The summed E-state index contributed by atoms with van der Waals surface area (Å²) in [5.74, 6) is -0.436. The van der Waals surface area contributed by atoms with Crippen molar-refractivity contribution in [2.24, 2.45) is 0 Å². The van der Waals surface area contributed by atoms with Gasteiger partial charge in [0.25, 0.3) is 0 Å². The molecule has 15 heavy (non-hydrogen) atoms. The number of aryl methyl sites for hydroxylation is 1. The fourth-order valence-electron chi connectivity index (χ4n) is 1.23.